The lowest BCUT2D eigenvalue weighted by Crippen LogP contribution is -1.92. The summed E-state index contributed by atoms with van der Waals surface area (Å²) in [5.41, 5.74) is 9.03. The molecule has 2 aromatic rings. The number of rotatable bonds is 4. The zero-order valence-electron chi connectivity index (χ0n) is 9.70. The summed E-state index contributed by atoms with van der Waals surface area (Å²) in [7, 11) is 0. The molecule has 0 amide bonds. The second-order valence-electron chi connectivity index (χ2n) is 3.96. The summed E-state index contributed by atoms with van der Waals surface area (Å²) in [6.45, 7) is 0. The lowest BCUT2D eigenvalue weighted by molar-refractivity contribution is 1.37. The number of nitrogens with two attached hydrogens (primary N) is 1. The van der Waals surface area contributed by atoms with Crippen LogP contribution in [0.5, 0.6) is 0 Å². The van der Waals surface area contributed by atoms with Crippen LogP contribution >= 0.6 is 35.0 Å². The molecule has 0 aliphatic heterocycles. The molecular weight excluding hydrogens is 285 g/mol. The van der Waals surface area contributed by atoms with E-state index in [0.717, 1.165) is 32.8 Å². The molecule has 0 atom stereocenters. The van der Waals surface area contributed by atoms with Gasteiger partial charge >= 0.3 is 0 Å². The van der Waals surface area contributed by atoms with E-state index in [4.69, 9.17) is 28.9 Å². The van der Waals surface area contributed by atoms with Crippen molar-refractivity contribution in [2.24, 2.45) is 0 Å². The standard InChI is InChI=1S/C14H13Cl2NS/c15-12-3-1-10(2-4-12)8-18-9-11-7-13(16)5-6-14(11)17/h1-7H,8-9,17H2. The Balaban J connectivity index is 1.92. The third-order valence-electron chi connectivity index (χ3n) is 2.54. The van der Waals surface area contributed by atoms with Crippen LogP contribution in [0.4, 0.5) is 5.69 Å². The Morgan fingerprint density at radius 2 is 1.56 bits per heavy atom. The molecule has 0 aliphatic carbocycles. The Morgan fingerprint density at radius 3 is 2.28 bits per heavy atom. The molecule has 1 nitrogen and oxygen atoms in total. The first-order chi connectivity index (χ1) is 8.65. The maximum absolute atomic E-state index is 5.95. The number of anilines is 1. The molecule has 0 aromatic heterocycles. The van der Waals surface area contributed by atoms with E-state index >= 15 is 0 Å². The van der Waals surface area contributed by atoms with Crippen LogP contribution in [0.1, 0.15) is 11.1 Å². The molecule has 2 N–H and O–H groups in total. The van der Waals surface area contributed by atoms with Gasteiger partial charge in [-0.05, 0) is 41.5 Å². The highest BCUT2D eigenvalue weighted by molar-refractivity contribution is 7.97. The van der Waals surface area contributed by atoms with Gasteiger partial charge in [-0.3, -0.25) is 0 Å². The van der Waals surface area contributed by atoms with Crippen molar-refractivity contribution in [1.82, 2.24) is 0 Å². The van der Waals surface area contributed by atoms with E-state index in [1.54, 1.807) is 11.8 Å². The Kier molecular flexibility index (Phi) is 4.81. The molecule has 0 aliphatic rings. The zero-order valence-corrected chi connectivity index (χ0v) is 12.0. The molecule has 0 spiro atoms. The topological polar surface area (TPSA) is 26.0 Å². The van der Waals surface area contributed by atoms with Gasteiger partial charge in [0.05, 0.1) is 0 Å². The van der Waals surface area contributed by atoms with Gasteiger partial charge < -0.3 is 5.73 Å². The van der Waals surface area contributed by atoms with Gasteiger partial charge in [-0.1, -0.05) is 35.3 Å². The highest BCUT2D eigenvalue weighted by Gasteiger charge is 2.01. The normalized spacial score (nSPS) is 10.6. The lowest BCUT2D eigenvalue weighted by atomic mass is 10.2. The molecule has 4 heteroatoms. The van der Waals surface area contributed by atoms with Gasteiger partial charge in [0.1, 0.15) is 0 Å². The van der Waals surface area contributed by atoms with Crippen LogP contribution in [-0.4, -0.2) is 0 Å². The Labute approximate surface area is 121 Å². The van der Waals surface area contributed by atoms with Crippen molar-refractivity contribution in [3.05, 3.63) is 63.6 Å². The van der Waals surface area contributed by atoms with Crippen molar-refractivity contribution in [2.45, 2.75) is 11.5 Å². The van der Waals surface area contributed by atoms with E-state index in [1.807, 2.05) is 42.5 Å². The molecule has 0 heterocycles. The minimum atomic E-state index is 0.728. The minimum Gasteiger partial charge on any atom is -0.398 e. The summed E-state index contributed by atoms with van der Waals surface area (Å²) < 4.78 is 0. The predicted octanol–water partition coefficient (Wildman–Crippen LogP) is 5.01. The van der Waals surface area contributed by atoms with Crippen LogP contribution in [0, 0.1) is 0 Å². The van der Waals surface area contributed by atoms with Gasteiger partial charge in [0.2, 0.25) is 0 Å². The number of hydrogen-bond acceptors (Lipinski definition) is 2. The molecule has 94 valence electrons. The van der Waals surface area contributed by atoms with Crippen molar-refractivity contribution in [3.63, 3.8) is 0 Å². The minimum absolute atomic E-state index is 0.728. The Hall–Kier alpha value is -0.830. The third-order valence-corrected chi connectivity index (χ3v) is 4.08. The Bertz CT molecular complexity index is 526. The molecule has 18 heavy (non-hydrogen) atoms. The molecule has 0 radical (unpaired) electrons. The van der Waals surface area contributed by atoms with E-state index in [0.29, 0.717) is 0 Å². The molecule has 0 unspecified atom stereocenters. The van der Waals surface area contributed by atoms with Crippen molar-refractivity contribution >= 4 is 40.7 Å². The predicted molar refractivity (Wildman–Crippen MR) is 82.3 cm³/mol. The van der Waals surface area contributed by atoms with Crippen LogP contribution in [0.3, 0.4) is 0 Å². The van der Waals surface area contributed by atoms with Gasteiger partial charge in [-0.2, -0.15) is 11.8 Å². The third kappa shape index (κ3) is 3.84. The number of benzene rings is 2. The molecule has 0 bridgehead atoms. The first-order valence-corrected chi connectivity index (χ1v) is 7.42. The van der Waals surface area contributed by atoms with Crippen LogP contribution < -0.4 is 5.73 Å². The maximum Gasteiger partial charge on any atom is 0.0410 e. The number of halogens is 2. The summed E-state index contributed by atoms with van der Waals surface area (Å²) in [6.07, 6.45) is 0. The Morgan fingerprint density at radius 1 is 0.889 bits per heavy atom. The maximum atomic E-state index is 5.95. The fourth-order valence-corrected chi connectivity index (χ4v) is 2.88. The van der Waals surface area contributed by atoms with E-state index in [2.05, 4.69) is 0 Å². The smallest absolute Gasteiger partial charge is 0.0410 e. The fraction of sp³-hybridized carbons (Fsp3) is 0.143. The number of nitrogen functional groups attached to an aromatic ring is 1. The first kappa shape index (κ1) is 13.6. The second-order valence-corrected chi connectivity index (χ2v) is 5.82. The van der Waals surface area contributed by atoms with E-state index < -0.39 is 0 Å². The van der Waals surface area contributed by atoms with E-state index in [1.165, 1.54) is 5.56 Å². The summed E-state index contributed by atoms with van der Waals surface area (Å²) in [6, 6.07) is 13.5. The average molecular weight is 298 g/mol. The highest BCUT2D eigenvalue weighted by Crippen LogP contribution is 2.25. The van der Waals surface area contributed by atoms with E-state index in [9.17, 15) is 0 Å². The van der Waals surface area contributed by atoms with Gasteiger partial charge in [0.15, 0.2) is 0 Å². The average Bonchev–Trinajstić information content (AvgIpc) is 2.36. The van der Waals surface area contributed by atoms with Crippen LogP contribution in [0.25, 0.3) is 0 Å². The summed E-state index contributed by atoms with van der Waals surface area (Å²) in [5.74, 6) is 1.79. The second kappa shape index (κ2) is 6.37. The molecular formula is C14H13Cl2NS. The summed E-state index contributed by atoms with van der Waals surface area (Å²) in [5, 5.41) is 1.49. The SMILES string of the molecule is Nc1ccc(Cl)cc1CSCc1ccc(Cl)cc1. The van der Waals surface area contributed by atoms with Gasteiger partial charge in [0.25, 0.3) is 0 Å². The zero-order chi connectivity index (χ0) is 13.0. The monoisotopic (exact) mass is 297 g/mol. The highest BCUT2D eigenvalue weighted by atomic mass is 35.5. The van der Waals surface area contributed by atoms with Crippen molar-refractivity contribution in [1.29, 1.82) is 0 Å². The van der Waals surface area contributed by atoms with E-state index in [-0.39, 0.29) is 0 Å². The van der Waals surface area contributed by atoms with Crippen LogP contribution in [0.15, 0.2) is 42.5 Å². The summed E-state index contributed by atoms with van der Waals surface area (Å²) in [4.78, 5) is 0. The van der Waals surface area contributed by atoms with Gasteiger partial charge in [0, 0.05) is 27.2 Å². The molecule has 0 fully saturated rings. The van der Waals surface area contributed by atoms with Crippen molar-refractivity contribution < 1.29 is 0 Å². The van der Waals surface area contributed by atoms with Crippen molar-refractivity contribution in [2.75, 3.05) is 5.73 Å². The number of hydrogen-bond donors (Lipinski definition) is 1. The lowest BCUT2D eigenvalue weighted by Gasteiger charge is -2.06. The molecule has 2 aromatic carbocycles. The van der Waals surface area contributed by atoms with Gasteiger partial charge in [-0.15, -0.1) is 0 Å². The molecule has 0 saturated carbocycles. The fourth-order valence-electron chi connectivity index (χ4n) is 1.56. The summed E-state index contributed by atoms with van der Waals surface area (Å²) >= 11 is 13.6. The van der Waals surface area contributed by atoms with Gasteiger partial charge in [-0.25, -0.2) is 0 Å². The quantitative estimate of drug-likeness (QED) is 0.803. The molecule has 2 rings (SSSR count). The molecule has 0 saturated heterocycles. The van der Waals surface area contributed by atoms with Crippen LogP contribution in [0.2, 0.25) is 10.0 Å². The van der Waals surface area contributed by atoms with Crippen LogP contribution in [-0.2, 0) is 11.5 Å². The van der Waals surface area contributed by atoms with Crippen molar-refractivity contribution in [3.8, 4) is 0 Å². The first-order valence-electron chi connectivity index (χ1n) is 5.51. The largest absolute Gasteiger partial charge is 0.398 e. The number of thioether (sulfide) groups is 1.